The van der Waals surface area contributed by atoms with E-state index in [2.05, 4.69) is 101 Å². The molecule has 0 aromatic rings. The molecule has 8 heteroatoms. The summed E-state index contributed by atoms with van der Waals surface area (Å²) in [6.45, 7) is 30.6. The van der Waals surface area contributed by atoms with Crippen LogP contribution in [0.2, 0.25) is 0 Å². The van der Waals surface area contributed by atoms with Gasteiger partial charge in [0.15, 0.2) is 0 Å². The van der Waals surface area contributed by atoms with Crippen LogP contribution in [-0.4, -0.2) is 88.8 Å². The third kappa shape index (κ3) is 19.6. The van der Waals surface area contributed by atoms with Gasteiger partial charge in [0.25, 0.3) is 0 Å². The molecule has 2 N–H and O–H groups in total. The molecule has 28 heavy (non-hydrogen) atoms. The predicted octanol–water partition coefficient (Wildman–Crippen LogP) is 4.50. The van der Waals surface area contributed by atoms with E-state index < -0.39 is 33.3 Å². The van der Waals surface area contributed by atoms with E-state index in [9.17, 15) is 0 Å². The average Bonchev–Trinajstić information content (AvgIpc) is 2.44. The van der Waals surface area contributed by atoms with Crippen molar-refractivity contribution in [1.82, 2.24) is 17.8 Å². The monoisotopic (exact) mass is 550 g/mol. The molecule has 0 aliphatic heterocycles. The van der Waals surface area contributed by atoms with Crippen LogP contribution < -0.4 is 10.6 Å². The van der Waals surface area contributed by atoms with E-state index in [4.69, 9.17) is 19.3 Å². The Kier molecular flexibility index (Phi) is 15.9. The van der Waals surface area contributed by atoms with Gasteiger partial charge in [-0.2, -0.15) is 0 Å². The van der Waals surface area contributed by atoms with Crippen molar-refractivity contribution in [3.05, 3.63) is 0 Å². The first-order chi connectivity index (χ1) is 12.3. The first-order valence-electron chi connectivity index (χ1n) is 10.2. The zero-order valence-corrected chi connectivity index (χ0v) is 27.0. The SMILES string of the molecule is CC(C)(C)NCC[N]([Ga][Cl])C(C)(C)C.CC(C)(C)NCC[N]([Ga][Cl])C(C)(C)C. The maximum atomic E-state index is 6.06. The van der Waals surface area contributed by atoms with E-state index in [0.29, 0.717) is 0 Å². The quantitative estimate of drug-likeness (QED) is 0.434. The Labute approximate surface area is 200 Å². The van der Waals surface area contributed by atoms with E-state index in [1.807, 2.05) is 0 Å². The summed E-state index contributed by atoms with van der Waals surface area (Å²) in [4.78, 5) is 0. The summed E-state index contributed by atoms with van der Waals surface area (Å²) in [5.74, 6) is 0. The van der Waals surface area contributed by atoms with Gasteiger partial charge in [-0.05, 0) is 0 Å². The molecule has 4 nitrogen and oxygen atoms in total. The molecule has 0 spiro atoms. The minimum absolute atomic E-state index is 0.208. The summed E-state index contributed by atoms with van der Waals surface area (Å²) in [6.07, 6.45) is 0. The molecule has 0 amide bonds. The fourth-order valence-corrected chi connectivity index (χ4v) is 8.40. The second-order valence-electron chi connectivity index (χ2n) is 11.3. The van der Waals surface area contributed by atoms with Crippen molar-refractivity contribution in [1.29, 1.82) is 0 Å². The van der Waals surface area contributed by atoms with Crippen LogP contribution in [0, 0.1) is 0 Å². The molecule has 0 aromatic heterocycles. The Morgan fingerprint density at radius 1 is 0.571 bits per heavy atom. The molecule has 0 aliphatic rings. The number of nitrogens with zero attached hydrogens (tertiary/aromatic N) is 2. The Balaban J connectivity index is 0. The summed E-state index contributed by atoms with van der Waals surface area (Å²) in [7, 11) is 12.1. The van der Waals surface area contributed by atoms with Crippen LogP contribution in [0.25, 0.3) is 0 Å². The summed E-state index contributed by atoms with van der Waals surface area (Å²) in [6, 6.07) is 0. The molecule has 166 valence electrons. The molecule has 0 unspecified atom stereocenters. The zero-order valence-electron chi connectivity index (χ0n) is 20.6. The van der Waals surface area contributed by atoms with Gasteiger partial charge in [-0.1, -0.05) is 0 Å². The van der Waals surface area contributed by atoms with E-state index in [1.165, 1.54) is 0 Å². The van der Waals surface area contributed by atoms with Crippen LogP contribution in [0.4, 0.5) is 0 Å². The van der Waals surface area contributed by atoms with Gasteiger partial charge in [0.2, 0.25) is 0 Å². The summed E-state index contributed by atoms with van der Waals surface area (Å²) in [5.41, 5.74) is 0.862. The minimum atomic E-state index is -0.721. The molecule has 0 rings (SSSR count). The van der Waals surface area contributed by atoms with Crippen molar-refractivity contribution in [2.45, 2.75) is 105 Å². The molecule has 0 heterocycles. The van der Waals surface area contributed by atoms with Crippen LogP contribution >= 0.6 is 19.3 Å². The summed E-state index contributed by atoms with van der Waals surface area (Å²) >= 11 is -1.44. The molecule has 0 aliphatic carbocycles. The van der Waals surface area contributed by atoms with Gasteiger partial charge in [0.1, 0.15) is 0 Å². The van der Waals surface area contributed by atoms with Crippen LogP contribution in [0.3, 0.4) is 0 Å². The Morgan fingerprint density at radius 2 is 0.821 bits per heavy atom. The first-order valence-corrected chi connectivity index (χ1v) is 18.8. The molecular weight excluding hydrogens is 507 g/mol. The van der Waals surface area contributed by atoms with Crippen molar-refractivity contribution < 1.29 is 0 Å². The molecule has 0 saturated carbocycles. The maximum absolute atomic E-state index is 6.06. The number of hydrogen-bond donors (Lipinski definition) is 2. The molecule has 0 fully saturated rings. The van der Waals surface area contributed by atoms with Gasteiger partial charge in [0, 0.05) is 0 Å². The number of halogens is 2. The van der Waals surface area contributed by atoms with Crippen LogP contribution in [0.15, 0.2) is 0 Å². The summed E-state index contributed by atoms with van der Waals surface area (Å²) < 4.78 is 4.83. The van der Waals surface area contributed by atoms with Crippen molar-refractivity contribution in [2.75, 3.05) is 26.2 Å². The zero-order chi connectivity index (χ0) is 22.8. The van der Waals surface area contributed by atoms with Gasteiger partial charge in [0.05, 0.1) is 0 Å². The third-order valence-electron chi connectivity index (χ3n) is 3.97. The Morgan fingerprint density at radius 3 is 0.964 bits per heavy atom. The second-order valence-corrected chi connectivity index (χ2v) is 16.7. The Hall–Kier alpha value is 1.69. The van der Waals surface area contributed by atoms with Crippen LogP contribution in [0.1, 0.15) is 83.1 Å². The number of nitrogens with one attached hydrogen (secondary N) is 2. The molecule has 0 saturated heterocycles. The van der Waals surface area contributed by atoms with Crippen molar-refractivity contribution in [3.8, 4) is 0 Å². The number of hydrogen-bond acceptors (Lipinski definition) is 4. The van der Waals surface area contributed by atoms with E-state index in [0.717, 1.165) is 26.2 Å². The Bertz CT molecular complexity index is 359. The van der Waals surface area contributed by atoms with Gasteiger partial charge in [-0.3, -0.25) is 0 Å². The van der Waals surface area contributed by atoms with Crippen molar-refractivity contribution >= 4 is 52.6 Å². The van der Waals surface area contributed by atoms with Crippen molar-refractivity contribution in [3.63, 3.8) is 0 Å². The molecular formula is C20H46Cl2Ga2N4. The van der Waals surface area contributed by atoms with Gasteiger partial charge in [-0.25, -0.2) is 0 Å². The second kappa shape index (κ2) is 14.0. The number of rotatable bonds is 8. The average molecular weight is 553 g/mol. The standard InChI is InChI=1S/2C10H23N2.2ClH.2Ga/c2*1-9(2,3)11-7-8-12-10(4,5)6;;;;/h2*11H,7-8H2,1-6H3;2*1H;;/q2*-1;;;2*+2/p-2. The fourth-order valence-electron chi connectivity index (χ4n) is 2.16. The van der Waals surface area contributed by atoms with E-state index in [1.54, 1.807) is 0 Å². The summed E-state index contributed by atoms with van der Waals surface area (Å²) in [5, 5.41) is 6.97. The van der Waals surface area contributed by atoms with Crippen molar-refractivity contribution in [2.24, 2.45) is 0 Å². The third-order valence-corrected chi connectivity index (χ3v) is 11.7. The predicted molar refractivity (Wildman–Crippen MR) is 132 cm³/mol. The molecule has 0 bridgehead atoms. The molecule has 0 aromatic carbocycles. The van der Waals surface area contributed by atoms with Crippen LogP contribution in [-0.2, 0) is 0 Å². The van der Waals surface area contributed by atoms with E-state index >= 15 is 0 Å². The molecule has 2 radical (unpaired) electrons. The first kappa shape index (κ1) is 31.9. The topological polar surface area (TPSA) is 30.5 Å². The van der Waals surface area contributed by atoms with E-state index in [-0.39, 0.29) is 22.2 Å². The van der Waals surface area contributed by atoms with Gasteiger partial charge in [-0.15, -0.1) is 0 Å². The normalized spacial score (nSPS) is 13.4. The van der Waals surface area contributed by atoms with Gasteiger partial charge < -0.3 is 0 Å². The van der Waals surface area contributed by atoms with Crippen LogP contribution in [0.5, 0.6) is 0 Å². The van der Waals surface area contributed by atoms with Gasteiger partial charge >= 0.3 is 202 Å². The molecule has 0 atom stereocenters. The fraction of sp³-hybridized carbons (Fsp3) is 1.00.